The van der Waals surface area contributed by atoms with Crippen molar-refractivity contribution in [1.29, 1.82) is 0 Å². The number of urea groups is 1. The summed E-state index contributed by atoms with van der Waals surface area (Å²) < 4.78 is 10.2. The van der Waals surface area contributed by atoms with E-state index in [9.17, 15) is 19.2 Å². The number of benzene rings is 1. The van der Waals surface area contributed by atoms with E-state index in [1.54, 1.807) is 6.07 Å². The normalized spacial score (nSPS) is 14.2. The molecule has 0 atom stereocenters. The van der Waals surface area contributed by atoms with Crippen LogP contribution in [0.5, 0.6) is 11.5 Å². The summed E-state index contributed by atoms with van der Waals surface area (Å²) in [6.07, 6.45) is 1.32. The van der Waals surface area contributed by atoms with Gasteiger partial charge in [-0.2, -0.15) is 0 Å². The number of ketones is 1. The SMILES string of the molecule is C=CCN1C(=O)C(=O)N(CC(=O)c2cc(OC)ccc2OC)C1=O. The van der Waals surface area contributed by atoms with Gasteiger partial charge in [-0.1, -0.05) is 6.08 Å². The van der Waals surface area contributed by atoms with Gasteiger partial charge in [0.2, 0.25) is 0 Å². The molecule has 0 aromatic heterocycles. The van der Waals surface area contributed by atoms with E-state index in [0.717, 1.165) is 4.90 Å². The molecule has 0 unspecified atom stereocenters. The molecule has 2 rings (SSSR count). The molecule has 24 heavy (non-hydrogen) atoms. The molecule has 1 aromatic rings. The minimum atomic E-state index is -1.04. The van der Waals surface area contributed by atoms with Crippen LogP contribution in [-0.2, 0) is 9.59 Å². The Labute approximate surface area is 138 Å². The summed E-state index contributed by atoms with van der Waals surface area (Å²) in [5.41, 5.74) is 0.145. The lowest BCUT2D eigenvalue weighted by Gasteiger charge is -2.15. The quantitative estimate of drug-likeness (QED) is 0.318. The number of amides is 4. The maximum atomic E-state index is 12.5. The predicted molar refractivity (Wildman–Crippen MR) is 82.9 cm³/mol. The van der Waals surface area contributed by atoms with E-state index in [1.807, 2.05) is 0 Å². The van der Waals surface area contributed by atoms with Crippen LogP contribution < -0.4 is 9.47 Å². The number of methoxy groups -OCH3 is 2. The van der Waals surface area contributed by atoms with E-state index in [4.69, 9.17) is 9.47 Å². The molecule has 1 aliphatic rings. The maximum absolute atomic E-state index is 12.5. The monoisotopic (exact) mass is 332 g/mol. The molecular formula is C16H16N2O6. The number of rotatable bonds is 7. The highest BCUT2D eigenvalue weighted by Gasteiger charge is 2.44. The molecule has 0 saturated carbocycles. The van der Waals surface area contributed by atoms with Crippen molar-refractivity contribution < 1.29 is 28.7 Å². The molecule has 8 nitrogen and oxygen atoms in total. The fourth-order valence-electron chi connectivity index (χ4n) is 2.24. The highest BCUT2D eigenvalue weighted by atomic mass is 16.5. The second-order valence-corrected chi connectivity index (χ2v) is 4.87. The molecule has 8 heteroatoms. The van der Waals surface area contributed by atoms with Crippen molar-refractivity contribution >= 4 is 23.6 Å². The highest BCUT2D eigenvalue weighted by molar-refractivity contribution is 6.45. The van der Waals surface area contributed by atoms with E-state index in [0.29, 0.717) is 10.6 Å². The number of carbonyl (C=O) groups is 4. The molecule has 1 saturated heterocycles. The van der Waals surface area contributed by atoms with Gasteiger partial charge in [-0.15, -0.1) is 6.58 Å². The molecule has 126 valence electrons. The zero-order valence-electron chi connectivity index (χ0n) is 13.3. The topological polar surface area (TPSA) is 93.2 Å². The standard InChI is InChI=1S/C16H16N2O6/c1-4-7-17-14(20)15(21)18(16(17)22)9-12(19)11-8-10(23-2)5-6-13(11)24-3/h4-6,8H,1,7,9H2,2-3H3. The van der Waals surface area contributed by atoms with Crippen molar-refractivity contribution in [3.63, 3.8) is 0 Å². The summed E-state index contributed by atoms with van der Waals surface area (Å²) in [5.74, 6) is -1.89. The molecule has 0 bridgehead atoms. The Hall–Kier alpha value is -3.16. The Morgan fingerprint density at radius 3 is 2.38 bits per heavy atom. The Balaban J connectivity index is 2.26. The van der Waals surface area contributed by atoms with Gasteiger partial charge in [-0.3, -0.25) is 19.3 Å². The molecule has 4 amide bonds. The Morgan fingerprint density at radius 2 is 1.79 bits per heavy atom. The van der Waals surface area contributed by atoms with Crippen LogP contribution in [0.3, 0.4) is 0 Å². The van der Waals surface area contributed by atoms with Crippen molar-refractivity contribution in [2.45, 2.75) is 0 Å². The summed E-state index contributed by atoms with van der Waals surface area (Å²) in [4.78, 5) is 49.6. The third kappa shape index (κ3) is 2.98. The van der Waals surface area contributed by atoms with Gasteiger partial charge in [0.15, 0.2) is 5.78 Å². The number of nitrogens with zero attached hydrogens (tertiary/aromatic N) is 2. The van der Waals surface area contributed by atoms with E-state index in [-0.39, 0.29) is 17.9 Å². The van der Waals surface area contributed by atoms with Crippen molar-refractivity contribution in [2.75, 3.05) is 27.3 Å². The Morgan fingerprint density at radius 1 is 1.12 bits per heavy atom. The minimum absolute atomic E-state index is 0.101. The minimum Gasteiger partial charge on any atom is -0.497 e. The molecule has 1 aromatic carbocycles. The van der Waals surface area contributed by atoms with Gasteiger partial charge in [0.25, 0.3) is 0 Å². The van der Waals surface area contributed by atoms with Gasteiger partial charge in [-0.25, -0.2) is 9.69 Å². The third-order valence-corrected chi connectivity index (χ3v) is 3.46. The first-order chi connectivity index (χ1) is 11.4. The van der Waals surface area contributed by atoms with Gasteiger partial charge in [0.1, 0.15) is 11.5 Å². The number of Topliss-reactive ketones (excluding diaryl/α,β-unsaturated/α-hetero) is 1. The van der Waals surface area contributed by atoms with Crippen LogP contribution in [0.15, 0.2) is 30.9 Å². The van der Waals surface area contributed by atoms with Crippen molar-refractivity contribution in [3.8, 4) is 11.5 Å². The Bertz CT molecular complexity index is 727. The summed E-state index contributed by atoms with van der Waals surface area (Å²) >= 11 is 0. The van der Waals surface area contributed by atoms with E-state index in [1.165, 1.54) is 32.4 Å². The number of ether oxygens (including phenoxy) is 2. The first-order valence-corrected chi connectivity index (χ1v) is 6.98. The molecule has 1 heterocycles. The van der Waals surface area contributed by atoms with Crippen LogP contribution in [0.2, 0.25) is 0 Å². The molecular weight excluding hydrogens is 316 g/mol. The first-order valence-electron chi connectivity index (χ1n) is 6.98. The number of hydrogen-bond donors (Lipinski definition) is 0. The molecule has 0 aliphatic carbocycles. The smallest absolute Gasteiger partial charge is 0.334 e. The molecule has 0 spiro atoms. The molecule has 1 aliphatic heterocycles. The average Bonchev–Trinajstić information content (AvgIpc) is 2.79. The van der Waals surface area contributed by atoms with Crippen LogP contribution in [-0.4, -0.2) is 60.7 Å². The zero-order valence-corrected chi connectivity index (χ0v) is 13.3. The maximum Gasteiger partial charge on any atom is 0.334 e. The van der Waals surface area contributed by atoms with Gasteiger partial charge in [0.05, 0.1) is 26.3 Å². The summed E-state index contributed by atoms with van der Waals surface area (Å²) in [5, 5.41) is 0. The van der Waals surface area contributed by atoms with Gasteiger partial charge >= 0.3 is 17.8 Å². The van der Waals surface area contributed by atoms with Gasteiger partial charge in [0, 0.05) is 6.54 Å². The lowest BCUT2D eigenvalue weighted by molar-refractivity contribution is -0.142. The van der Waals surface area contributed by atoms with E-state index >= 15 is 0 Å². The van der Waals surface area contributed by atoms with Crippen molar-refractivity contribution in [1.82, 2.24) is 9.80 Å². The fraction of sp³-hybridized carbons (Fsp3) is 0.250. The summed E-state index contributed by atoms with van der Waals surface area (Å²) in [7, 11) is 2.83. The van der Waals surface area contributed by atoms with Crippen LogP contribution in [0.4, 0.5) is 4.79 Å². The molecule has 0 radical (unpaired) electrons. The van der Waals surface area contributed by atoms with Gasteiger partial charge in [-0.05, 0) is 18.2 Å². The van der Waals surface area contributed by atoms with Crippen molar-refractivity contribution in [3.05, 3.63) is 36.4 Å². The molecule has 0 N–H and O–H groups in total. The van der Waals surface area contributed by atoms with Crippen molar-refractivity contribution in [2.24, 2.45) is 0 Å². The zero-order chi connectivity index (χ0) is 17.9. The van der Waals surface area contributed by atoms with Crippen LogP contribution >= 0.6 is 0 Å². The summed E-state index contributed by atoms with van der Waals surface area (Å²) in [6.45, 7) is 2.75. The third-order valence-electron chi connectivity index (χ3n) is 3.46. The lowest BCUT2D eigenvalue weighted by atomic mass is 10.1. The van der Waals surface area contributed by atoms with E-state index < -0.39 is 30.2 Å². The average molecular weight is 332 g/mol. The van der Waals surface area contributed by atoms with Crippen LogP contribution in [0.1, 0.15) is 10.4 Å². The number of carbonyl (C=O) groups excluding carboxylic acids is 4. The second kappa shape index (κ2) is 6.95. The summed E-state index contributed by atoms with van der Waals surface area (Å²) in [6, 6.07) is 3.74. The van der Waals surface area contributed by atoms with Crippen LogP contribution in [0, 0.1) is 0 Å². The van der Waals surface area contributed by atoms with Crippen LogP contribution in [0.25, 0.3) is 0 Å². The molecule has 1 fully saturated rings. The number of imide groups is 2. The van der Waals surface area contributed by atoms with E-state index in [2.05, 4.69) is 6.58 Å². The number of hydrogen-bond acceptors (Lipinski definition) is 6. The van der Waals surface area contributed by atoms with Gasteiger partial charge < -0.3 is 9.47 Å². The largest absolute Gasteiger partial charge is 0.497 e. The lowest BCUT2D eigenvalue weighted by Crippen LogP contribution is -2.37. The first kappa shape index (κ1) is 17.2. The Kier molecular flexibility index (Phi) is 4.98. The highest BCUT2D eigenvalue weighted by Crippen LogP contribution is 2.25. The second-order valence-electron chi connectivity index (χ2n) is 4.87. The predicted octanol–water partition coefficient (Wildman–Crippen LogP) is 0.863. The fourth-order valence-corrected chi connectivity index (χ4v) is 2.24.